The normalized spacial score (nSPS) is 16.8. The first-order valence-corrected chi connectivity index (χ1v) is 8.87. The first-order chi connectivity index (χ1) is 13.8. The van der Waals surface area contributed by atoms with Gasteiger partial charge >= 0.3 is 6.18 Å². The highest BCUT2D eigenvalue weighted by Crippen LogP contribution is 2.38. The van der Waals surface area contributed by atoms with Crippen molar-refractivity contribution in [3.8, 4) is 17.0 Å². The first kappa shape index (κ1) is 18.9. The smallest absolute Gasteiger partial charge is 0.416 e. The van der Waals surface area contributed by atoms with Crippen LogP contribution in [-0.2, 0) is 11.0 Å². The Balaban J connectivity index is 1.69. The van der Waals surface area contributed by atoms with Crippen molar-refractivity contribution in [2.75, 3.05) is 11.9 Å². The van der Waals surface area contributed by atoms with Gasteiger partial charge in [0.25, 0.3) is 0 Å². The summed E-state index contributed by atoms with van der Waals surface area (Å²) in [6.45, 7) is 0.454. The maximum Gasteiger partial charge on any atom is 0.416 e. The molecule has 7 nitrogen and oxygen atoms in total. The molecule has 1 atom stereocenters. The van der Waals surface area contributed by atoms with Gasteiger partial charge in [-0.2, -0.15) is 13.2 Å². The van der Waals surface area contributed by atoms with Gasteiger partial charge in [-0.1, -0.05) is 0 Å². The molecule has 3 aromatic rings. The maximum absolute atomic E-state index is 12.9. The summed E-state index contributed by atoms with van der Waals surface area (Å²) in [5, 5.41) is 25.6. The number of carbonyl (C=O) groups excluding carboxylic acids is 1. The van der Waals surface area contributed by atoms with Gasteiger partial charge in [0.2, 0.25) is 5.91 Å². The van der Waals surface area contributed by atoms with Crippen LogP contribution in [0.2, 0.25) is 0 Å². The number of alkyl halides is 3. The number of amides is 1. The molecule has 1 saturated heterocycles. The van der Waals surface area contributed by atoms with Crippen molar-refractivity contribution < 1.29 is 23.1 Å². The van der Waals surface area contributed by atoms with E-state index < -0.39 is 17.5 Å². The number of carbonyl (C=O) groups is 1. The lowest BCUT2D eigenvalue weighted by atomic mass is 10.0. The van der Waals surface area contributed by atoms with E-state index in [4.69, 9.17) is 0 Å². The van der Waals surface area contributed by atoms with Crippen LogP contribution in [0.4, 0.5) is 19.0 Å². The van der Waals surface area contributed by atoms with Crippen LogP contribution in [0.1, 0.15) is 18.4 Å². The lowest BCUT2D eigenvalue weighted by Gasteiger charge is -2.15. The van der Waals surface area contributed by atoms with Crippen molar-refractivity contribution in [2.45, 2.75) is 25.1 Å². The number of halogens is 3. The number of phenolic OH excluding ortho intramolecular Hbond substituents is 1. The van der Waals surface area contributed by atoms with E-state index in [-0.39, 0.29) is 23.2 Å². The quantitative estimate of drug-likeness (QED) is 0.619. The molecule has 0 aliphatic carbocycles. The van der Waals surface area contributed by atoms with Crippen LogP contribution >= 0.6 is 0 Å². The largest absolute Gasteiger partial charge is 0.507 e. The lowest BCUT2D eigenvalue weighted by molar-refractivity contribution is -0.137. The minimum Gasteiger partial charge on any atom is -0.507 e. The number of phenols is 1. The fourth-order valence-corrected chi connectivity index (χ4v) is 3.29. The number of aromatic hydroxyl groups is 1. The third-order valence-corrected chi connectivity index (χ3v) is 4.76. The van der Waals surface area contributed by atoms with E-state index in [0.717, 1.165) is 6.07 Å². The van der Waals surface area contributed by atoms with Gasteiger partial charge in [-0.05, 0) is 30.7 Å². The second-order valence-electron chi connectivity index (χ2n) is 6.73. The Labute approximate surface area is 163 Å². The standard InChI is InChI=1S/C19H16F3N5O2/c20-19(21,22)10-1-3-13(15(28)7-10)17-12-5-6-23-9-14(12)18(27-26-17)24-8-11-2-4-16(29)25-11/h1,3,5-7,9,11,28H,2,4,8H2,(H,24,27)(H,25,29)/t11-/m0/s1. The zero-order valence-electron chi connectivity index (χ0n) is 15.0. The van der Waals surface area contributed by atoms with E-state index in [0.29, 0.717) is 42.0 Å². The molecule has 1 aliphatic rings. The number of nitrogens with one attached hydrogen (secondary N) is 2. The van der Waals surface area contributed by atoms with Gasteiger partial charge in [-0.15, -0.1) is 10.2 Å². The van der Waals surface area contributed by atoms with Crippen LogP contribution in [0.3, 0.4) is 0 Å². The summed E-state index contributed by atoms with van der Waals surface area (Å²) in [6.07, 6.45) is -0.281. The zero-order valence-corrected chi connectivity index (χ0v) is 15.0. The molecule has 4 rings (SSSR count). The van der Waals surface area contributed by atoms with E-state index in [1.807, 2.05) is 0 Å². The monoisotopic (exact) mass is 403 g/mol. The summed E-state index contributed by atoms with van der Waals surface area (Å²) in [5.41, 5.74) is -0.570. The molecule has 1 aromatic carbocycles. The Morgan fingerprint density at radius 2 is 2.03 bits per heavy atom. The van der Waals surface area contributed by atoms with Crippen molar-refractivity contribution in [3.05, 3.63) is 42.2 Å². The highest BCUT2D eigenvalue weighted by molar-refractivity contribution is 6.00. The van der Waals surface area contributed by atoms with Gasteiger partial charge in [0.15, 0.2) is 5.82 Å². The second-order valence-corrected chi connectivity index (χ2v) is 6.73. The van der Waals surface area contributed by atoms with Crippen LogP contribution in [0, 0.1) is 0 Å². The number of hydrogen-bond acceptors (Lipinski definition) is 6. The summed E-state index contributed by atoms with van der Waals surface area (Å²) in [4.78, 5) is 15.4. The summed E-state index contributed by atoms with van der Waals surface area (Å²) in [6, 6.07) is 4.36. The molecule has 10 heteroatoms. The lowest BCUT2D eigenvalue weighted by Crippen LogP contribution is -2.32. The molecule has 150 valence electrons. The Morgan fingerprint density at radius 1 is 1.21 bits per heavy atom. The molecule has 0 spiro atoms. The highest BCUT2D eigenvalue weighted by Gasteiger charge is 2.31. The van der Waals surface area contributed by atoms with Gasteiger partial charge in [-0.25, -0.2) is 0 Å². The van der Waals surface area contributed by atoms with Crippen LogP contribution in [0.5, 0.6) is 5.75 Å². The van der Waals surface area contributed by atoms with Crippen molar-refractivity contribution in [1.29, 1.82) is 0 Å². The summed E-state index contributed by atoms with van der Waals surface area (Å²) >= 11 is 0. The molecule has 1 aliphatic heterocycles. The van der Waals surface area contributed by atoms with Crippen LogP contribution < -0.4 is 10.6 Å². The van der Waals surface area contributed by atoms with Gasteiger partial charge < -0.3 is 15.7 Å². The summed E-state index contributed by atoms with van der Waals surface area (Å²) in [7, 11) is 0. The third kappa shape index (κ3) is 3.78. The molecule has 0 saturated carbocycles. The SMILES string of the molecule is O=C1CC[C@@H](CNc2nnc(-c3ccc(C(F)(F)F)cc3O)c3ccncc23)N1. The first-order valence-electron chi connectivity index (χ1n) is 8.87. The van der Waals surface area contributed by atoms with Gasteiger partial charge in [0, 0.05) is 47.7 Å². The van der Waals surface area contributed by atoms with Crippen molar-refractivity contribution in [2.24, 2.45) is 0 Å². The molecule has 3 heterocycles. The molecule has 2 aromatic heterocycles. The predicted molar refractivity (Wildman–Crippen MR) is 99.1 cm³/mol. The minimum atomic E-state index is -4.56. The number of benzene rings is 1. The van der Waals surface area contributed by atoms with Crippen LogP contribution in [-0.4, -0.2) is 38.8 Å². The predicted octanol–water partition coefficient (Wildman–Crippen LogP) is 3.11. The van der Waals surface area contributed by atoms with Crippen molar-refractivity contribution in [1.82, 2.24) is 20.5 Å². The summed E-state index contributed by atoms with van der Waals surface area (Å²) < 4.78 is 38.6. The van der Waals surface area contributed by atoms with Crippen molar-refractivity contribution >= 4 is 22.5 Å². The van der Waals surface area contributed by atoms with Crippen LogP contribution in [0.15, 0.2) is 36.7 Å². The van der Waals surface area contributed by atoms with E-state index in [2.05, 4.69) is 25.8 Å². The molecule has 29 heavy (non-hydrogen) atoms. The third-order valence-electron chi connectivity index (χ3n) is 4.76. The molecule has 0 radical (unpaired) electrons. The van der Waals surface area contributed by atoms with E-state index in [1.54, 1.807) is 12.3 Å². The van der Waals surface area contributed by atoms with Crippen molar-refractivity contribution in [3.63, 3.8) is 0 Å². The molecular formula is C19H16F3N5O2. The van der Waals surface area contributed by atoms with Gasteiger partial charge in [0.05, 0.1) is 5.56 Å². The maximum atomic E-state index is 12.9. The molecule has 1 amide bonds. The Hall–Kier alpha value is -3.43. The average molecular weight is 403 g/mol. The highest BCUT2D eigenvalue weighted by atomic mass is 19.4. The topological polar surface area (TPSA) is 100 Å². The van der Waals surface area contributed by atoms with E-state index >= 15 is 0 Å². The minimum absolute atomic E-state index is 0.00235. The molecule has 0 bridgehead atoms. The number of nitrogens with zero attached hydrogens (tertiary/aromatic N) is 3. The number of fused-ring (bicyclic) bond motifs is 1. The fraction of sp³-hybridized carbons (Fsp3) is 0.263. The number of aromatic nitrogens is 3. The average Bonchev–Trinajstić information content (AvgIpc) is 3.11. The van der Waals surface area contributed by atoms with Crippen LogP contribution in [0.25, 0.3) is 22.0 Å². The second kappa shape index (κ2) is 7.19. The molecular weight excluding hydrogens is 387 g/mol. The summed E-state index contributed by atoms with van der Waals surface area (Å²) in [5.74, 6) is -0.103. The Bertz CT molecular complexity index is 1090. The number of anilines is 1. The fourth-order valence-electron chi connectivity index (χ4n) is 3.29. The molecule has 1 fully saturated rings. The molecule has 0 unspecified atom stereocenters. The van der Waals surface area contributed by atoms with Gasteiger partial charge in [-0.3, -0.25) is 9.78 Å². The Morgan fingerprint density at radius 3 is 2.72 bits per heavy atom. The number of rotatable bonds is 4. The molecule has 3 N–H and O–H groups in total. The number of hydrogen-bond donors (Lipinski definition) is 3. The Kier molecular flexibility index (Phi) is 4.69. The van der Waals surface area contributed by atoms with E-state index in [1.165, 1.54) is 12.3 Å². The van der Waals surface area contributed by atoms with Gasteiger partial charge in [0.1, 0.15) is 11.4 Å². The number of pyridine rings is 1. The van der Waals surface area contributed by atoms with E-state index in [9.17, 15) is 23.1 Å². The zero-order chi connectivity index (χ0) is 20.6.